The van der Waals surface area contributed by atoms with Crippen LogP contribution >= 0.6 is 0 Å². The van der Waals surface area contributed by atoms with Crippen LogP contribution in [0.3, 0.4) is 0 Å². The van der Waals surface area contributed by atoms with E-state index in [9.17, 15) is 10.1 Å². The number of benzene rings is 4. The molecule has 0 atom stereocenters. The van der Waals surface area contributed by atoms with E-state index >= 15 is 0 Å². The van der Waals surface area contributed by atoms with Gasteiger partial charge in [-0.2, -0.15) is 0 Å². The molecule has 0 amide bonds. The Balaban J connectivity index is 1.65. The molecule has 0 saturated heterocycles. The summed E-state index contributed by atoms with van der Waals surface area (Å²) < 4.78 is 6.10. The highest BCUT2D eigenvalue weighted by Gasteiger charge is 2.09. The quantitative estimate of drug-likeness (QED) is 0.202. The minimum absolute atomic E-state index is 0.0654. The minimum Gasteiger partial charge on any atom is -0.488 e. The molecule has 5 nitrogen and oxygen atoms in total. The van der Waals surface area contributed by atoms with Crippen molar-refractivity contribution < 1.29 is 9.66 Å². The lowest BCUT2D eigenvalue weighted by atomic mass is 10.0. The average Bonchev–Trinajstić information content (AvgIpc) is 2.79. The van der Waals surface area contributed by atoms with Crippen LogP contribution in [0, 0.1) is 24.0 Å². The number of nitrogens with zero attached hydrogens (tertiary/aromatic N) is 2. The maximum atomic E-state index is 10.8. The smallest absolute Gasteiger partial charge is 0.269 e. The van der Waals surface area contributed by atoms with E-state index in [0.717, 1.165) is 27.6 Å². The fraction of sp³-hybridized carbons (Fsp3) is 0.115. The Hall–Kier alpha value is -3.99. The molecule has 4 aromatic rings. The number of rotatable bonds is 6. The molecule has 0 radical (unpaired) electrons. The van der Waals surface area contributed by atoms with Gasteiger partial charge in [0.25, 0.3) is 5.69 Å². The van der Waals surface area contributed by atoms with Gasteiger partial charge in [0.15, 0.2) is 0 Å². The van der Waals surface area contributed by atoms with E-state index in [4.69, 9.17) is 9.73 Å². The van der Waals surface area contributed by atoms with Crippen molar-refractivity contribution in [2.75, 3.05) is 0 Å². The van der Waals surface area contributed by atoms with Gasteiger partial charge in [0.2, 0.25) is 0 Å². The van der Waals surface area contributed by atoms with Crippen molar-refractivity contribution in [3.05, 3.63) is 111 Å². The molecule has 4 rings (SSSR count). The van der Waals surface area contributed by atoms with Gasteiger partial charge in [0.05, 0.1) is 10.6 Å². The van der Waals surface area contributed by atoms with Crippen molar-refractivity contribution >= 4 is 28.4 Å². The maximum absolute atomic E-state index is 10.8. The lowest BCUT2D eigenvalue weighted by Gasteiger charge is -2.12. The molecule has 0 fully saturated rings. The Morgan fingerprint density at radius 3 is 2.45 bits per heavy atom. The number of fused-ring (bicyclic) bond motifs is 1. The first kappa shape index (κ1) is 20.3. The average molecular weight is 410 g/mol. The molecule has 0 aliphatic heterocycles. The monoisotopic (exact) mass is 410 g/mol. The topological polar surface area (TPSA) is 64.7 Å². The number of non-ortho nitro benzene ring substituents is 1. The summed E-state index contributed by atoms with van der Waals surface area (Å²) >= 11 is 0. The van der Waals surface area contributed by atoms with Crippen LogP contribution in [0.15, 0.2) is 83.9 Å². The van der Waals surface area contributed by atoms with Gasteiger partial charge in [-0.25, -0.2) is 0 Å². The van der Waals surface area contributed by atoms with Crippen LogP contribution in [0.2, 0.25) is 0 Å². The predicted octanol–water partition coefficient (Wildman–Crippen LogP) is 6.69. The molecule has 0 unspecified atom stereocenters. The lowest BCUT2D eigenvalue weighted by molar-refractivity contribution is -0.384. The van der Waals surface area contributed by atoms with E-state index in [1.807, 2.05) is 36.5 Å². The first-order valence-electron chi connectivity index (χ1n) is 10.0. The van der Waals surface area contributed by atoms with Gasteiger partial charge in [-0.1, -0.05) is 36.4 Å². The highest BCUT2D eigenvalue weighted by Crippen LogP contribution is 2.28. The van der Waals surface area contributed by atoms with Gasteiger partial charge in [-0.3, -0.25) is 15.1 Å². The minimum atomic E-state index is -0.407. The zero-order valence-corrected chi connectivity index (χ0v) is 17.4. The molecule has 5 heteroatoms. The molecule has 0 bridgehead atoms. The molecule has 4 aromatic carbocycles. The number of hydrogen-bond donors (Lipinski definition) is 0. The molecule has 0 aromatic heterocycles. The van der Waals surface area contributed by atoms with E-state index in [1.165, 1.54) is 23.3 Å². The summed E-state index contributed by atoms with van der Waals surface area (Å²) in [6, 6.07) is 24.6. The second-order valence-electron chi connectivity index (χ2n) is 7.44. The molecule has 31 heavy (non-hydrogen) atoms. The van der Waals surface area contributed by atoms with Gasteiger partial charge in [0, 0.05) is 23.9 Å². The van der Waals surface area contributed by atoms with E-state index in [-0.39, 0.29) is 5.69 Å². The number of nitro groups is 1. The standard InChI is InChI=1S/C26H22N2O3/c1-18-7-11-22(15-19(18)2)27-16-25-24-6-4-3-5-21(24)10-14-26(25)31-17-20-8-12-23(13-9-20)28(29)30/h3-16H,17H2,1-2H3. The molecule has 0 N–H and O–H groups in total. The Morgan fingerprint density at radius 1 is 0.935 bits per heavy atom. The maximum Gasteiger partial charge on any atom is 0.269 e. The van der Waals surface area contributed by atoms with E-state index in [2.05, 4.69) is 38.1 Å². The number of nitro benzene ring substituents is 1. The second kappa shape index (κ2) is 8.79. The summed E-state index contributed by atoms with van der Waals surface area (Å²) in [6.45, 7) is 4.46. The fourth-order valence-corrected chi connectivity index (χ4v) is 3.35. The zero-order chi connectivity index (χ0) is 21.8. The first-order valence-corrected chi connectivity index (χ1v) is 10.0. The van der Waals surface area contributed by atoms with Crippen LogP contribution in [-0.2, 0) is 6.61 Å². The van der Waals surface area contributed by atoms with Crippen LogP contribution in [0.5, 0.6) is 5.75 Å². The van der Waals surface area contributed by atoms with Crippen molar-refractivity contribution in [3.8, 4) is 5.75 Å². The highest BCUT2D eigenvalue weighted by atomic mass is 16.6. The van der Waals surface area contributed by atoms with Crippen LogP contribution < -0.4 is 4.74 Å². The summed E-state index contributed by atoms with van der Waals surface area (Å²) in [4.78, 5) is 15.1. The van der Waals surface area contributed by atoms with Gasteiger partial charge >= 0.3 is 0 Å². The van der Waals surface area contributed by atoms with Crippen molar-refractivity contribution in [1.29, 1.82) is 0 Å². The van der Waals surface area contributed by atoms with Gasteiger partial charge in [-0.15, -0.1) is 0 Å². The van der Waals surface area contributed by atoms with Crippen molar-refractivity contribution in [1.82, 2.24) is 0 Å². The largest absolute Gasteiger partial charge is 0.488 e. The third kappa shape index (κ3) is 4.61. The fourth-order valence-electron chi connectivity index (χ4n) is 3.35. The second-order valence-corrected chi connectivity index (χ2v) is 7.44. The Labute approximate surface area is 180 Å². The van der Waals surface area contributed by atoms with Gasteiger partial charge in [0.1, 0.15) is 12.4 Å². The molecule has 0 heterocycles. The molecule has 154 valence electrons. The number of aryl methyl sites for hydroxylation is 2. The molecule has 0 saturated carbocycles. The molecule has 0 aliphatic rings. The summed E-state index contributed by atoms with van der Waals surface area (Å²) in [5, 5.41) is 13.0. The van der Waals surface area contributed by atoms with Crippen LogP contribution in [0.25, 0.3) is 10.8 Å². The number of ether oxygens (including phenoxy) is 1. The normalized spacial score (nSPS) is 11.2. The summed E-state index contributed by atoms with van der Waals surface area (Å²) in [5.41, 5.74) is 5.14. The van der Waals surface area contributed by atoms with Crippen molar-refractivity contribution in [2.45, 2.75) is 20.5 Å². The van der Waals surface area contributed by atoms with Crippen LogP contribution in [-0.4, -0.2) is 11.1 Å². The summed E-state index contributed by atoms with van der Waals surface area (Å²) in [7, 11) is 0. The first-order chi connectivity index (χ1) is 15.0. The van der Waals surface area contributed by atoms with Crippen molar-refractivity contribution in [3.63, 3.8) is 0 Å². The SMILES string of the molecule is Cc1ccc(N=Cc2c(OCc3ccc([N+](=O)[O-])cc3)ccc3ccccc23)cc1C. The third-order valence-corrected chi connectivity index (χ3v) is 5.31. The highest BCUT2D eigenvalue weighted by molar-refractivity contribution is 6.03. The Bertz CT molecular complexity index is 1280. The van der Waals surface area contributed by atoms with E-state index in [0.29, 0.717) is 12.4 Å². The molecule has 0 spiro atoms. The van der Waals surface area contributed by atoms with E-state index < -0.39 is 4.92 Å². The van der Waals surface area contributed by atoms with Crippen LogP contribution in [0.1, 0.15) is 22.3 Å². The number of hydrogen-bond acceptors (Lipinski definition) is 4. The van der Waals surface area contributed by atoms with E-state index in [1.54, 1.807) is 12.1 Å². The Kier molecular flexibility index (Phi) is 5.76. The summed E-state index contributed by atoms with van der Waals surface area (Å²) in [6.07, 6.45) is 1.84. The lowest BCUT2D eigenvalue weighted by Crippen LogP contribution is -1.99. The Morgan fingerprint density at radius 2 is 1.71 bits per heavy atom. The molecular formula is C26H22N2O3. The zero-order valence-electron chi connectivity index (χ0n) is 17.4. The van der Waals surface area contributed by atoms with Crippen molar-refractivity contribution in [2.24, 2.45) is 4.99 Å². The predicted molar refractivity (Wildman–Crippen MR) is 125 cm³/mol. The van der Waals surface area contributed by atoms with Gasteiger partial charge < -0.3 is 4.74 Å². The summed E-state index contributed by atoms with van der Waals surface area (Å²) in [5.74, 6) is 0.713. The molecule has 0 aliphatic carbocycles. The molecular weight excluding hydrogens is 388 g/mol. The number of aliphatic imine (C=N–C) groups is 1. The van der Waals surface area contributed by atoms with Crippen LogP contribution in [0.4, 0.5) is 11.4 Å². The van der Waals surface area contributed by atoms with Gasteiger partial charge in [-0.05, 0) is 71.6 Å². The third-order valence-electron chi connectivity index (χ3n) is 5.31.